The molecule has 0 bridgehead atoms. The van der Waals surface area contributed by atoms with Gasteiger partial charge in [-0.1, -0.05) is 23.2 Å². The van der Waals surface area contributed by atoms with Crippen LogP contribution in [0.25, 0.3) is 0 Å². The first kappa shape index (κ1) is 11.8. The predicted molar refractivity (Wildman–Crippen MR) is 59.4 cm³/mol. The van der Waals surface area contributed by atoms with Crippen LogP contribution < -0.4 is 4.74 Å². The molecule has 1 aromatic rings. The predicted octanol–water partition coefficient (Wildman–Crippen LogP) is 4.29. The molecule has 0 N–H and O–H groups in total. The van der Waals surface area contributed by atoms with Crippen LogP contribution in [0, 0.1) is 5.82 Å². The molecule has 76 valence electrons. The van der Waals surface area contributed by atoms with Crippen molar-refractivity contribution in [3.05, 3.63) is 39.1 Å². The number of ether oxygens (including phenoxy) is 1. The van der Waals surface area contributed by atoms with Gasteiger partial charge in [-0.25, -0.2) is 4.39 Å². The van der Waals surface area contributed by atoms with Gasteiger partial charge in [-0.05, 0) is 34.1 Å². The molecule has 0 spiro atoms. The van der Waals surface area contributed by atoms with Crippen LogP contribution in [-0.4, -0.2) is 6.61 Å². The molecule has 0 aliphatic rings. The summed E-state index contributed by atoms with van der Waals surface area (Å²) in [4.78, 5) is 0. The summed E-state index contributed by atoms with van der Waals surface area (Å²) in [6.07, 6.45) is 0. The Morgan fingerprint density at radius 2 is 2.29 bits per heavy atom. The quantitative estimate of drug-likeness (QED) is 0.809. The van der Waals surface area contributed by atoms with Crippen molar-refractivity contribution in [3.8, 4) is 5.75 Å². The van der Waals surface area contributed by atoms with E-state index in [2.05, 4.69) is 15.9 Å². The van der Waals surface area contributed by atoms with Gasteiger partial charge in [-0.3, -0.25) is 0 Å². The van der Waals surface area contributed by atoms with E-state index >= 15 is 0 Å². The van der Waals surface area contributed by atoms with Crippen LogP contribution in [0.2, 0.25) is 0 Å². The molecule has 0 saturated carbocycles. The summed E-state index contributed by atoms with van der Waals surface area (Å²) in [5.41, 5.74) is 1.22. The second-order valence-electron chi connectivity index (χ2n) is 2.42. The molecule has 0 aromatic heterocycles. The molecule has 0 radical (unpaired) electrons. The molecule has 0 amide bonds. The fourth-order valence-electron chi connectivity index (χ4n) is 0.770. The number of halogens is 4. The van der Waals surface area contributed by atoms with E-state index in [0.29, 0.717) is 15.3 Å². The maximum atomic E-state index is 12.7. The third kappa shape index (κ3) is 3.48. The third-order valence-corrected chi connectivity index (χ3v) is 2.59. The first-order valence-electron chi connectivity index (χ1n) is 3.66. The average molecular weight is 300 g/mol. The van der Waals surface area contributed by atoms with Crippen LogP contribution >= 0.6 is 39.1 Å². The lowest BCUT2D eigenvalue weighted by Crippen LogP contribution is -1.97. The maximum Gasteiger partial charge on any atom is 0.134 e. The Balaban J connectivity index is 2.68. The molecule has 0 heterocycles. The lowest BCUT2D eigenvalue weighted by molar-refractivity contribution is 0.356. The van der Waals surface area contributed by atoms with Crippen molar-refractivity contribution in [2.75, 3.05) is 6.61 Å². The minimum Gasteiger partial charge on any atom is -0.487 e. The molecule has 1 rings (SSSR count). The van der Waals surface area contributed by atoms with E-state index in [0.717, 1.165) is 0 Å². The van der Waals surface area contributed by atoms with E-state index in [4.69, 9.17) is 27.9 Å². The van der Waals surface area contributed by atoms with Crippen molar-refractivity contribution >= 4 is 39.1 Å². The Labute approximate surface area is 99.6 Å². The molecule has 0 aliphatic carbocycles. The second kappa shape index (κ2) is 5.59. The van der Waals surface area contributed by atoms with E-state index in [1.54, 1.807) is 0 Å². The van der Waals surface area contributed by atoms with Crippen molar-refractivity contribution in [1.82, 2.24) is 0 Å². The van der Waals surface area contributed by atoms with E-state index in [-0.39, 0.29) is 12.4 Å². The van der Waals surface area contributed by atoms with Gasteiger partial charge in [0.15, 0.2) is 0 Å². The van der Waals surface area contributed by atoms with Crippen molar-refractivity contribution in [3.63, 3.8) is 0 Å². The third-order valence-electron chi connectivity index (χ3n) is 1.38. The Morgan fingerprint density at radius 1 is 1.57 bits per heavy atom. The van der Waals surface area contributed by atoms with Crippen LogP contribution in [0.4, 0.5) is 4.39 Å². The number of benzene rings is 1. The Hall–Kier alpha value is -0.250. The van der Waals surface area contributed by atoms with Crippen LogP contribution in [0.1, 0.15) is 0 Å². The zero-order chi connectivity index (χ0) is 10.6. The highest BCUT2D eigenvalue weighted by Gasteiger charge is 2.02. The summed E-state index contributed by atoms with van der Waals surface area (Å²) < 4.78 is 18.5. The van der Waals surface area contributed by atoms with E-state index < -0.39 is 0 Å². The SMILES string of the molecule is Fc1ccc(OCC(Cl)=CCl)c(Br)c1. The van der Waals surface area contributed by atoms with Crippen molar-refractivity contribution < 1.29 is 9.13 Å². The van der Waals surface area contributed by atoms with Gasteiger partial charge in [0.2, 0.25) is 0 Å². The minimum atomic E-state index is -0.330. The molecule has 0 saturated heterocycles. The standard InChI is InChI=1S/C9H6BrCl2FO/c10-8-3-7(13)1-2-9(8)14-5-6(12)4-11/h1-4H,5H2. The Morgan fingerprint density at radius 3 is 2.86 bits per heavy atom. The molecule has 1 nitrogen and oxygen atoms in total. The number of hydrogen-bond acceptors (Lipinski definition) is 1. The highest BCUT2D eigenvalue weighted by atomic mass is 79.9. The van der Waals surface area contributed by atoms with Crippen LogP contribution in [0.3, 0.4) is 0 Å². The van der Waals surface area contributed by atoms with Gasteiger partial charge >= 0.3 is 0 Å². The van der Waals surface area contributed by atoms with Gasteiger partial charge in [0.25, 0.3) is 0 Å². The molecular formula is C9H6BrCl2FO. The lowest BCUT2D eigenvalue weighted by atomic mass is 10.3. The summed E-state index contributed by atoms with van der Waals surface area (Å²) in [6.45, 7) is 0.162. The molecule has 0 unspecified atom stereocenters. The highest BCUT2D eigenvalue weighted by molar-refractivity contribution is 9.10. The minimum absolute atomic E-state index is 0.162. The molecular weight excluding hydrogens is 294 g/mol. The second-order valence-corrected chi connectivity index (χ2v) is 3.98. The van der Waals surface area contributed by atoms with Crippen LogP contribution in [-0.2, 0) is 0 Å². The maximum absolute atomic E-state index is 12.7. The molecule has 14 heavy (non-hydrogen) atoms. The smallest absolute Gasteiger partial charge is 0.134 e. The Kier molecular flexibility index (Phi) is 4.72. The van der Waals surface area contributed by atoms with Gasteiger partial charge in [-0.2, -0.15) is 0 Å². The fraction of sp³-hybridized carbons (Fsp3) is 0.111. The van der Waals surface area contributed by atoms with Gasteiger partial charge in [0.1, 0.15) is 18.2 Å². The molecule has 0 aliphatic heterocycles. The fourth-order valence-corrected chi connectivity index (χ4v) is 1.35. The summed E-state index contributed by atoms with van der Waals surface area (Å²) in [5.74, 6) is 0.186. The van der Waals surface area contributed by atoms with Crippen molar-refractivity contribution in [2.24, 2.45) is 0 Å². The zero-order valence-corrected chi connectivity index (χ0v) is 10.0. The van der Waals surface area contributed by atoms with Crippen molar-refractivity contribution in [2.45, 2.75) is 0 Å². The van der Waals surface area contributed by atoms with Crippen LogP contribution in [0.5, 0.6) is 5.75 Å². The summed E-state index contributed by atoms with van der Waals surface area (Å²) >= 11 is 14.1. The number of rotatable bonds is 3. The van der Waals surface area contributed by atoms with E-state index in [9.17, 15) is 4.39 Å². The van der Waals surface area contributed by atoms with Gasteiger partial charge in [-0.15, -0.1) is 0 Å². The molecule has 1 aromatic carbocycles. The van der Waals surface area contributed by atoms with Gasteiger partial charge in [0, 0.05) is 5.54 Å². The molecule has 5 heteroatoms. The average Bonchev–Trinajstić information content (AvgIpc) is 2.16. The summed E-state index contributed by atoms with van der Waals surface area (Å²) in [7, 11) is 0. The topological polar surface area (TPSA) is 9.23 Å². The van der Waals surface area contributed by atoms with Crippen molar-refractivity contribution in [1.29, 1.82) is 0 Å². The van der Waals surface area contributed by atoms with Gasteiger partial charge < -0.3 is 4.74 Å². The molecule has 0 fully saturated rings. The van der Waals surface area contributed by atoms with E-state index in [1.165, 1.54) is 23.7 Å². The first-order valence-corrected chi connectivity index (χ1v) is 5.27. The first-order chi connectivity index (χ1) is 6.63. The Bertz CT molecular complexity index is 355. The molecule has 0 atom stereocenters. The zero-order valence-electron chi connectivity index (χ0n) is 6.94. The number of hydrogen-bond donors (Lipinski definition) is 0. The summed E-state index contributed by atoms with van der Waals surface area (Å²) in [6, 6.07) is 4.13. The van der Waals surface area contributed by atoms with E-state index in [1.807, 2.05) is 0 Å². The largest absolute Gasteiger partial charge is 0.487 e. The van der Waals surface area contributed by atoms with Crippen LogP contribution in [0.15, 0.2) is 33.2 Å². The summed E-state index contributed by atoms with van der Waals surface area (Å²) in [5, 5.41) is 0.378. The highest BCUT2D eigenvalue weighted by Crippen LogP contribution is 2.26. The lowest BCUT2D eigenvalue weighted by Gasteiger charge is -2.06. The monoisotopic (exact) mass is 298 g/mol. The normalized spacial score (nSPS) is 11.6. The van der Waals surface area contributed by atoms with Gasteiger partial charge in [0.05, 0.1) is 9.51 Å².